The average Bonchev–Trinajstić information content (AvgIpc) is 2.80. The smallest absolute Gasteiger partial charge is 0.273 e. The molecule has 0 fully saturated rings. The Balaban J connectivity index is 1.72. The molecule has 0 atom stereocenters. The van der Waals surface area contributed by atoms with Crippen LogP contribution in [0.5, 0.6) is 0 Å². The molecule has 0 saturated carbocycles. The van der Waals surface area contributed by atoms with E-state index >= 15 is 0 Å². The minimum absolute atomic E-state index is 0.000453. The van der Waals surface area contributed by atoms with Crippen molar-refractivity contribution in [3.05, 3.63) is 76.9 Å². The Hall–Kier alpha value is -2.54. The minimum atomic E-state index is -4.33. The first kappa shape index (κ1) is 24.6. The Kier molecular flexibility index (Phi) is 5.79. The van der Waals surface area contributed by atoms with Crippen LogP contribution in [0.4, 0.5) is 0 Å². The lowest BCUT2D eigenvalue weighted by atomic mass is 9.63. The summed E-state index contributed by atoms with van der Waals surface area (Å²) in [5.41, 5.74) is 3.74. The fourth-order valence-electron chi connectivity index (χ4n) is 4.81. The van der Waals surface area contributed by atoms with E-state index in [9.17, 15) is 23.4 Å². The maximum absolute atomic E-state index is 13.4. The summed E-state index contributed by atoms with van der Waals surface area (Å²) in [5.74, 6) is -0.0868. The van der Waals surface area contributed by atoms with E-state index in [0.717, 1.165) is 12.8 Å². The Bertz CT molecular complexity index is 1400. The summed E-state index contributed by atoms with van der Waals surface area (Å²) in [5, 5.41) is 18.3. The van der Waals surface area contributed by atoms with Crippen LogP contribution in [0.15, 0.2) is 59.5 Å². The molecule has 4 rings (SSSR count). The van der Waals surface area contributed by atoms with E-state index in [1.165, 1.54) is 30.2 Å². The number of hydrogen-bond donors (Lipinski definition) is 2. The third kappa shape index (κ3) is 3.98. The van der Waals surface area contributed by atoms with Gasteiger partial charge in [-0.15, -0.1) is 0 Å². The number of ketones is 1. The highest BCUT2D eigenvalue weighted by Crippen LogP contribution is 2.46. The zero-order valence-electron chi connectivity index (χ0n) is 20.3. The quantitative estimate of drug-likeness (QED) is 0.385. The number of hydrogen-bond acceptors (Lipinski definition) is 5. The second kappa shape index (κ2) is 8.01. The van der Waals surface area contributed by atoms with Crippen molar-refractivity contribution in [3.63, 3.8) is 0 Å². The highest BCUT2D eigenvalue weighted by Gasteiger charge is 2.39. The molecule has 5 nitrogen and oxygen atoms in total. The molecule has 0 radical (unpaired) electrons. The standard InChI is InChI=1S/C28H32O5S/c1-6-28(30,31)34(32,33)22-11-9-18-15-20(8-7-19(18)16-22)25(29)21-10-12-23-24(17-21)27(4,5)14-13-26(23,2)3/h7-12,15-17,30-31H,6,13-14H2,1-5H3. The van der Waals surface area contributed by atoms with Crippen LogP contribution < -0.4 is 0 Å². The average molecular weight is 481 g/mol. The van der Waals surface area contributed by atoms with Crippen LogP contribution in [0.3, 0.4) is 0 Å². The van der Waals surface area contributed by atoms with E-state index in [0.29, 0.717) is 21.9 Å². The lowest BCUT2D eigenvalue weighted by molar-refractivity contribution is -0.0865. The number of benzene rings is 3. The summed E-state index contributed by atoms with van der Waals surface area (Å²) in [7, 11) is -4.33. The third-order valence-electron chi connectivity index (χ3n) is 7.39. The summed E-state index contributed by atoms with van der Waals surface area (Å²) in [6.45, 7) is 10.3. The van der Waals surface area contributed by atoms with Gasteiger partial charge in [-0.25, -0.2) is 8.42 Å². The highest BCUT2D eigenvalue weighted by molar-refractivity contribution is 7.92. The van der Waals surface area contributed by atoms with Gasteiger partial charge in [-0.2, -0.15) is 0 Å². The minimum Gasteiger partial charge on any atom is -0.353 e. The number of sulfone groups is 1. The molecule has 3 aromatic carbocycles. The van der Waals surface area contributed by atoms with Gasteiger partial charge >= 0.3 is 0 Å². The molecule has 1 aliphatic carbocycles. The van der Waals surface area contributed by atoms with Crippen molar-refractivity contribution in [2.24, 2.45) is 0 Å². The number of carbonyl (C=O) groups excluding carboxylic acids is 1. The van der Waals surface area contributed by atoms with Gasteiger partial charge in [-0.3, -0.25) is 4.79 Å². The molecule has 1 aliphatic rings. The zero-order valence-corrected chi connectivity index (χ0v) is 21.2. The maximum atomic E-state index is 13.4. The van der Waals surface area contributed by atoms with Gasteiger partial charge in [0, 0.05) is 17.5 Å². The summed E-state index contributed by atoms with van der Waals surface area (Å²) < 4.78 is 25.1. The third-order valence-corrected chi connectivity index (χ3v) is 9.41. The van der Waals surface area contributed by atoms with Crippen LogP contribution in [0, 0.1) is 0 Å². The van der Waals surface area contributed by atoms with E-state index in [-0.39, 0.29) is 27.9 Å². The van der Waals surface area contributed by atoms with Gasteiger partial charge in [0.1, 0.15) is 0 Å². The van der Waals surface area contributed by atoms with Crippen LogP contribution in [0.25, 0.3) is 10.8 Å². The fraction of sp³-hybridized carbons (Fsp3) is 0.393. The molecule has 0 aromatic heterocycles. The van der Waals surface area contributed by atoms with Crippen LogP contribution >= 0.6 is 0 Å². The lowest BCUT2D eigenvalue weighted by Crippen LogP contribution is -2.37. The molecule has 0 aliphatic heterocycles. The molecule has 180 valence electrons. The Morgan fingerprint density at radius 1 is 0.824 bits per heavy atom. The summed E-state index contributed by atoms with van der Waals surface area (Å²) in [6, 6.07) is 15.5. The summed E-state index contributed by atoms with van der Waals surface area (Å²) in [4.78, 5) is 13.2. The van der Waals surface area contributed by atoms with Crippen molar-refractivity contribution >= 4 is 26.4 Å². The lowest BCUT2D eigenvalue weighted by Gasteiger charge is -2.42. The molecular formula is C28H32O5S. The number of rotatable bonds is 5. The van der Waals surface area contributed by atoms with Crippen molar-refractivity contribution in [1.29, 1.82) is 0 Å². The van der Waals surface area contributed by atoms with Gasteiger partial charge in [0.2, 0.25) is 9.84 Å². The van der Waals surface area contributed by atoms with Crippen molar-refractivity contribution < 1.29 is 23.4 Å². The predicted octanol–water partition coefficient (Wildman–Crippen LogP) is 5.24. The van der Waals surface area contributed by atoms with Crippen molar-refractivity contribution in [1.82, 2.24) is 0 Å². The van der Waals surface area contributed by atoms with E-state index in [1.807, 2.05) is 12.1 Å². The second-order valence-electron chi connectivity index (χ2n) is 10.7. The fourth-order valence-corrected chi connectivity index (χ4v) is 6.09. The monoisotopic (exact) mass is 480 g/mol. The Morgan fingerprint density at radius 2 is 1.35 bits per heavy atom. The molecule has 0 bridgehead atoms. The normalized spacial score (nSPS) is 17.4. The molecular weight excluding hydrogens is 448 g/mol. The van der Waals surface area contributed by atoms with E-state index < -0.39 is 15.0 Å². The second-order valence-corrected chi connectivity index (χ2v) is 12.8. The van der Waals surface area contributed by atoms with Crippen LogP contribution in [0.1, 0.15) is 80.9 Å². The summed E-state index contributed by atoms with van der Waals surface area (Å²) >= 11 is 0. The largest absolute Gasteiger partial charge is 0.353 e. The van der Waals surface area contributed by atoms with E-state index in [2.05, 4.69) is 33.8 Å². The van der Waals surface area contributed by atoms with E-state index in [1.54, 1.807) is 24.3 Å². The van der Waals surface area contributed by atoms with Gasteiger partial charge in [0.05, 0.1) is 4.90 Å². The number of carbonyl (C=O) groups is 1. The molecule has 2 N–H and O–H groups in total. The molecule has 0 spiro atoms. The van der Waals surface area contributed by atoms with Crippen LogP contribution in [-0.2, 0) is 20.7 Å². The van der Waals surface area contributed by atoms with Crippen molar-refractivity contribution in [3.8, 4) is 0 Å². The molecule has 3 aromatic rings. The Morgan fingerprint density at radius 3 is 2.00 bits per heavy atom. The van der Waals surface area contributed by atoms with E-state index in [4.69, 9.17) is 0 Å². The molecule has 0 amide bonds. The van der Waals surface area contributed by atoms with Crippen LogP contribution in [-0.4, -0.2) is 29.5 Å². The van der Waals surface area contributed by atoms with Gasteiger partial charge in [0.15, 0.2) is 5.78 Å². The first-order chi connectivity index (χ1) is 15.7. The van der Waals surface area contributed by atoms with Crippen LogP contribution in [0.2, 0.25) is 0 Å². The SMILES string of the molecule is CCC(O)(O)S(=O)(=O)c1ccc2cc(C(=O)c3ccc4c(c3)C(C)(C)CCC4(C)C)ccc2c1. The van der Waals surface area contributed by atoms with Gasteiger partial charge in [-0.05, 0) is 69.8 Å². The number of aliphatic hydroxyl groups is 2. The Labute approximate surface area is 201 Å². The van der Waals surface area contributed by atoms with Crippen molar-refractivity contribution in [2.45, 2.75) is 74.7 Å². The molecule has 0 heterocycles. The first-order valence-corrected chi connectivity index (χ1v) is 13.1. The summed E-state index contributed by atoms with van der Waals surface area (Å²) in [6.07, 6.45) is 1.82. The zero-order chi connectivity index (χ0) is 25.1. The molecule has 34 heavy (non-hydrogen) atoms. The first-order valence-electron chi connectivity index (χ1n) is 11.6. The highest BCUT2D eigenvalue weighted by atomic mass is 32.2. The predicted molar refractivity (Wildman–Crippen MR) is 134 cm³/mol. The van der Waals surface area contributed by atoms with Gasteiger partial charge in [0.25, 0.3) is 5.12 Å². The van der Waals surface area contributed by atoms with Crippen molar-refractivity contribution in [2.75, 3.05) is 0 Å². The van der Waals surface area contributed by atoms with Gasteiger partial charge in [-0.1, -0.05) is 65.0 Å². The molecule has 0 saturated heterocycles. The molecule has 0 unspecified atom stereocenters. The van der Waals surface area contributed by atoms with Gasteiger partial charge < -0.3 is 10.2 Å². The molecule has 6 heteroatoms. The number of fused-ring (bicyclic) bond motifs is 2. The maximum Gasteiger partial charge on any atom is 0.273 e. The topological polar surface area (TPSA) is 91.7 Å².